The van der Waals surface area contributed by atoms with Crippen molar-refractivity contribution in [3.63, 3.8) is 0 Å². The van der Waals surface area contributed by atoms with E-state index in [2.05, 4.69) is 43.4 Å². The van der Waals surface area contributed by atoms with E-state index in [9.17, 15) is 19.0 Å². The predicted molar refractivity (Wildman–Crippen MR) is 141 cm³/mol. The summed E-state index contributed by atoms with van der Waals surface area (Å²) in [5.74, 6) is -1.04. The molecule has 0 aromatic heterocycles. The fourth-order valence-corrected chi connectivity index (χ4v) is 3.49. The molecule has 0 aliphatic rings. The van der Waals surface area contributed by atoms with Crippen LogP contribution in [0.4, 0.5) is 0 Å². The Labute approximate surface area is 217 Å². The van der Waals surface area contributed by atoms with Gasteiger partial charge in [-0.2, -0.15) is 0 Å². The Bertz CT molecular complexity index is 743. The minimum atomic E-state index is -4.33. The molecule has 10 heteroatoms. The molecular weight excluding hydrogens is 485 g/mol. The number of phosphoric acid groups is 1. The molecule has 0 aromatic carbocycles. The largest absolute Gasteiger partial charge is 0.472 e. The Kier molecular flexibility index (Phi) is 19.3. The molecule has 0 rings (SSSR count). The number of phosphoric ester groups is 1. The van der Waals surface area contributed by atoms with Gasteiger partial charge < -0.3 is 18.9 Å². The topological polar surface area (TPSA) is 108 Å². The number of esters is 2. The molecule has 9 nitrogen and oxygen atoms in total. The molecule has 0 saturated heterocycles. The number of allylic oxidation sites excluding steroid dienone is 6. The summed E-state index contributed by atoms with van der Waals surface area (Å²) >= 11 is 0. The SMILES string of the molecule is CC/C=C\C/C=C\C/C=C\CCCCCC(=O)OC(COC(C)=O)COP(=O)(O)OCC[N+](C)(C)C. The molecule has 0 radical (unpaired) electrons. The Morgan fingerprint density at radius 1 is 0.917 bits per heavy atom. The zero-order valence-corrected chi connectivity index (χ0v) is 23.6. The lowest BCUT2D eigenvalue weighted by Crippen LogP contribution is -2.37. The third-order valence-electron chi connectivity index (χ3n) is 4.74. The fourth-order valence-electron chi connectivity index (χ4n) is 2.75. The van der Waals surface area contributed by atoms with Crippen molar-refractivity contribution in [3.05, 3.63) is 36.5 Å². The molecule has 1 N–H and O–H groups in total. The maximum Gasteiger partial charge on any atom is 0.472 e. The van der Waals surface area contributed by atoms with Crippen molar-refractivity contribution in [2.45, 2.75) is 71.3 Å². The molecule has 0 heterocycles. The zero-order chi connectivity index (χ0) is 27.3. The number of ether oxygens (including phenoxy) is 2. The van der Waals surface area contributed by atoms with Crippen LogP contribution in [0.25, 0.3) is 0 Å². The molecule has 0 fully saturated rings. The number of hydrogen-bond acceptors (Lipinski definition) is 7. The van der Waals surface area contributed by atoms with Gasteiger partial charge in [0.05, 0.1) is 27.7 Å². The highest BCUT2D eigenvalue weighted by atomic mass is 31.2. The van der Waals surface area contributed by atoms with Crippen molar-refractivity contribution in [3.8, 4) is 0 Å². The van der Waals surface area contributed by atoms with Gasteiger partial charge in [-0.15, -0.1) is 0 Å². The number of unbranched alkanes of at least 4 members (excludes halogenated alkanes) is 3. The second-order valence-electron chi connectivity index (χ2n) is 9.42. The average Bonchev–Trinajstić information content (AvgIpc) is 2.77. The Morgan fingerprint density at radius 3 is 2.17 bits per heavy atom. The first-order valence-electron chi connectivity index (χ1n) is 12.7. The van der Waals surface area contributed by atoms with E-state index in [-0.39, 0.29) is 19.6 Å². The Hall–Kier alpha value is -1.77. The highest BCUT2D eigenvalue weighted by Gasteiger charge is 2.26. The number of hydrogen-bond donors (Lipinski definition) is 1. The molecule has 2 atom stereocenters. The van der Waals surface area contributed by atoms with Crippen LogP contribution in [-0.4, -0.2) is 74.9 Å². The molecule has 0 saturated carbocycles. The van der Waals surface area contributed by atoms with Gasteiger partial charge in [-0.25, -0.2) is 4.57 Å². The lowest BCUT2D eigenvalue weighted by Gasteiger charge is -2.24. The van der Waals surface area contributed by atoms with E-state index in [0.29, 0.717) is 17.4 Å². The number of nitrogens with zero attached hydrogens (tertiary/aromatic N) is 1. The molecule has 0 aliphatic carbocycles. The van der Waals surface area contributed by atoms with E-state index in [1.165, 1.54) is 6.92 Å². The third kappa shape index (κ3) is 23.9. The van der Waals surface area contributed by atoms with Crippen molar-refractivity contribution in [1.82, 2.24) is 0 Å². The van der Waals surface area contributed by atoms with E-state index in [0.717, 1.165) is 38.5 Å². The lowest BCUT2D eigenvalue weighted by atomic mass is 10.1. The van der Waals surface area contributed by atoms with Crippen LogP contribution >= 0.6 is 7.82 Å². The van der Waals surface area contributed by atoms with Gasteiger partial charge in [0.2, 0.25) is 0 Å². The van der Waals surface area contributed by atoms with Crippen LogP contribution in [0.1, 0.15) is 65.2 Å². The monoisotopic (exact) mass is 532 g/mol. The highest BCUT2D eigenvalue weighted by molar-refractivity contribution is 7.47. The number of likely N-dealkylation sites (N-methyl/N-ethyl adjacent to an activating group) is 1. The minimum Gasteiger partial charge on any atom is -0.462 e. The average molecular weight is 533 g/mol. The van der Waals surface area contributed by atoms with Gasteiger partial charge in [-0.3, -0.25) is 18.6 Å². The first-order valence-corrected chi connectivity index (χ1v) is 14.1. The Balaban J connectivity index is 4.25. The quantitative estimate of drug-likeness (QED) is 0.0714. The van der Waals surface area contributed by atoms with Crippen LogP contribution in [0, 0.1) is 0 Å². The van der Waals surface area contributed by atoms with Gasteiger partial charge in [0.1, 0.15) is 19.8 Å². The van der Waals surface area contributed by atoms with Crippen molar-refractivity contribution in [1.29, 1.82) is 0 Å². The molecular formula is C26H47NO8P+. The Morgan fingerprint density at radius 2 is 1.56 bits per heavy atom. The summed E-state index contributed by atoms with van der Waals surface area (Å²) < 4.78 is 32.7. The van der Waals surface area contributed by atoms with Gasteiger partial charge in [-0.05, 0) is 38.5 Å². The second kappa shape index (κ2) is 20.3. The van der Waals surface area contributed by atoms with Gasteiger partial charge in [0.25, 0.3) is 0 Å². The fraction of sp³-hybridized carbons (Fsp3) is 0.692. The standard InChI is InChI=1S/C26H46NO8P/c1-6-7-8-9-10-11-12-13-14-15-16-17-18-19-26(29)35-25(22-32-24(2)28)23-34-36(30,31)33-21-20-27(3,4)5/h7-8,10-11,13-14,25H,6,9,12,15-23H2,1-5H3/p+1/b8-7-,11-10-,14-13-. The van der Waals surface area contributed by atoms with E-state index >= 15 is 0 Å². The smallest absolute Gasteiger partial charge is 0.462 e. The van der Waals surface area contributed by atoms with E-state index < -0.39 is 32.5 Å². The van der Waals surface area contributed by atoms with Crippen LogP contribution in [0.15, 0.2) is 36.5 Å². The number of quaternary nitrogens is 1. The summed E-state index contributed by atoms with van der Waals surface area (Å²) in [5, 5.41) is 0. The number of carbonyl (C=O) groups is 2. The van der Waals surface area contributed by atoms with Crippen LogP contribution in [0.3, 0.4) is 0 Å². The van der Waals surface area contributed by atoms with E-state index in [1.807, 2.05) is 21.1 Å². The normalized spacial score (nSPS) is 14.9. The van der Waals surface area contributed by atoms with E-state index in [4.69, 9.17) is 18.5 Å². The zero-order valence-electron chi connectivity index (χ0n) is 22.7. The molecule has 0 spiro atoms. The molecule has 0 aromatic rings. The lowest BCUT2D eigenvalue weighted by molar-refractivity contribution is -0.870. The van der Waals surface area contributed by atoms with Crippen LogP contribution in [0.5, 0.6) is 0 Å². The molecule has 0 amide bonds. The third-order valence-corrected chi connectivity index (χ3v) is 5.73. The van der Waals surface area contributed by atoms with Crippen LogP contribution in [-0.2, 0) is 32.7 Å². The predicted octanol–water partition coefficient (Wildman–Crippen LogP) is 5.11. The molecule has 0 aliphatic heterocycles. The first kappa shape index (κ1) is 34.2. The molecule has 36 heavy (non-hydrogen) atoms. The number of rotatable bonds is 21. The first-order chi connectivity index (χ1) is 16.9. The minimum absolute atomic E-state index is 0.0220. The van der Waals surface area contributed by atoms with Gasteiger partial charge in [0.15, 0.2) is 6.10 Å². The highest BCUT2D eigenvalue weighted by Crippen LogP contribution is 2.43. The second-order valence-corrected chi connectivity index (χ2v) is 10.9. The van der Waals surface area contributed by atoms with Crippen molar-refractivity contribution < 1.29 is 42.1 Å². The molecule has 208 valence electrons. The summed E-state index contributed by atoms with van der Waals surface area (Å²) in [6.07, 6.45) is 18.5. The van der Waals surface area contributed by atoms with Crippen LogP contribution in [0.2, 0.25) is 0 Å². The van der Waals surface area contributed by atoms with Crippen molar-refractivity contribution in [2.75, 3.05) is 47.5 Å². The van der Waals surface area contributed by atoms with Gasteiger partial charge in [0, 0.05) is 13.3 Å². The van der Waals surface area contributed by atoms with Gasteiger partial charge in [-0.1, -0.05) is 49.8 Å². The summed E-state index contributed by atoms with van der Waals surface area (Å²) in [6, 6.07) is 0. The summed E-state index contributed by atoms with van der Waals surface area (Å²) in [7, 11) is 1.43. The summed E-state index contributed by atoms with van der Waals surface area (Å²) in [4.78, 5) is 33.2. The number of carbonyl (C=O) groups excluding carboxylic acids is 2. The summed E-state index contributed by atoms with van der Waals surface area (Å²) in [5.41, 5.74) is 0. The molecule has 0 bridgehead atoms. The van der Waals surface area contributed by atoms with Gasteiger partial charge >= 0.3 is 19.8 Å². The van der Waals surface area contributed by atoms with Crippen molar-refractivity contribution in [2.24, 2.45) is 0 Å². The summed E-state index contributed by atoms with van der Waals surface area (Å²) in [6.45, 7) is 3.17. The van der Waals surface area contributed by atoms with Crippen LogP contribution < -0.4 is 0 Å². The van der Waals surface area contributed by atoms with Crippen molar-refractivity contribution >= 4 is 19.8 Å². The van der Waals surface area contributed by atoms with E-state index in [1.54, 1.807) is 0 Å². The maximum atomic E-state index is 12.2. The maximum absolute atomic E-state index is 12.2. The molecule has 2 unspecified atom stereocenters.